The number of amides is 1. The van der Waals surface area contributed by atoms with Crippen LogP contribution >= 0.6 is 0 Å². The summed E-state index contributed by atoms with van der Waals surface area (Å²) in [5.74, 6) is -0.131. The van der Waals surface area contributed by atoms with E-state index in [0.29, 0.717) is 13.1 Å². The van der Waals surface area contributed by atoms with Gasteiger partial charge in [0.25, 0.3) is 0 Å². The van der Waals surface area contributed by atoms with Crippen molar-refractivity contribution < 1.29 is 13.2 Å². The summed E-state index contributed by atoms with van der Waals surface area (Å²) in [5.41, 5.74) is 2.20. The van der Waals surface area contributed by atoms with Crippen LogP contribution in [0.1, 0.15) is 37.3 Å². The maximum absolute atomic E-state index is 11.9. The predicted octanol–water partition coefficient (Wildman–Crippen LogP) is 2.06. The van der Waals surface area contributed by atoms with Crippen molar-refractivity contribution in [1.29, 1.82) is 0 Å². The molecule has 1 N–H and O–H groups in total. The van der Waals surface area contributed by atoms with Crippen molar-refractivity contribution in [3.8, 4) is 0 Å². The third-order valence-electron chi connectivity index (χ3n) is 3.56. The van der Waals surface area contributed by atoms with Crippen LogP contribution in [0.5, 0.6) is 0 Å². The number of benzene rings is 1. The first-order valence-electron chi connectivity index (χ1n) is 7.61. The van der Waals surface area contributed by atoms with Crippen molar-refractivity contribution in [3.63, 3.8) is 0 Å². The molecule has 0 saturated carbocycles. The van der Waals surface area contributed by atoms with Gasteiger partial charge in [-0.05, 0) is 24.5 Å². The third-order valence-corrected chi connectivity index (χ3v) is 4.86. The molecule has 0 heterocycles. The fraction of sp³-hybridized carbons (Fsp3) is 0.562. The lowest BCUT2D eigenvalue weighted by Gasteiger charge is -2.19. The van der Waals surface area contributed by atoms with Gasteiger partial charge in [-0.15, -0.1) is 0 Å². The van der Waals surface area contributed by atoms with E-state index in [-0.39, 0.29) is 18.9 Å². The van der Waals surface area contributed by atoms with E-state index < -0.39 is 10.0 Å². The number of sulfonamides is 1. The zero-order valence-corrected chi connectivity index (χ0v) is 14.4. The largest absolute Gasteiger partial charge is 0.352 e. The Bertz CT molecular complexity index is 585. The molecule has 1 amide bonds. The van der Waals surface area contributed by atoms with Gasteiger partial charge < -0.3 is 5.32 Å². The highest BCUT2D eigenvalue weighted by Gasteiger charge is 2.17. The number of hydrogen-bond donors (Lipinski definition) is 1. The number of nitrogens with zero attached hydrogens (tertiary/aromatic N) is 1. The van der Waals surface area contributed by atoms with Gasteiger partial charge in [-0.25, -0.2) is 12.7 Å². The summed E-state index contributed by atoms with van der Waals surface area (Å²) in [6.45, 7) is 5.19. The van der Waals surface area contributed by atoms with Gasteiger partial charge in [0.15, 0.2) is 0 Å². The Balaban J connectivity index is 2.45. The predicted molar refractivity (Wildman–Crippen MR) is 89.0 cm³/mol. The summed E-state index contributed by atoms with van der Waals surface area (Å²) in [7, 11) is -3.25. The summed E-state index contributed by atoms with van der Waals surface area (Å²) in [4.78, 5) is 11.9. The van der Waals surface area contributed by atoms with Crippen LogP contribution in [0.4, 0.5) is 0 Å². The van der Waals surface area contributed by atoms with Crippen LogP contribution in [0.2, 0.25) is 0 Å². The fourth-order valence-corrected chi connectivity index (χ4v) is 2.98. The number of nitrogens with one attached hydrogen (secondary N) is 1. The Morgan fingerprint density at radius 1 is 1.23 bits per heavy atom. The van der Waals surface area contributed by atoms with Crippen LogP contribution in [0.3, 0.4) is 0 Å². The number of aryl methyl sites for hydroxylation is 1. The Morgan fingerprint density at radius 3 is 2.50 bits per heavy atom. The summed E-state index contributed by atoms with van der Waals surface area (Å²) in [6.07, 6.45) is 3.10. The molecule has 6 heteroatoms. The molecule has 0 spiro atoms. The molecular weight excluding hydrogens is 300 g/mol. The molecule has 0 unspecified atom stereocenters. The molecule has 0 aliphatic carbocycles. The molecule has 22 heavy (non-hydrogen) atoms. The standard InChI is InChI=1S/C16H26N2O3S/c1-4-5-11-18(22(3,20)21)12-10-16(19)17-13-15-9-7-6-8-14(15)2/h6-9H,4-5,10-13H2,1-3H3,(H,17,19). The van der Waals surface area contributed by atoms with E-state index in [1.54, 1.807) is 0 Å². The smallest absolute Gasteiger partial charge is 0.221 e. The molecular formula is C16H26N2O3S. The average molecular weight is 326 g/mol. The summed E-state index contributed by atoms with van der Waals surface area (Å²) >= 11 is 0. The molecule has 0 atom stereocenters. The fourth-order valence-electron chi connectivity index (χ4n) is 2.09. The van der Waals surface area contributed by atoms with E-state index in [0.717, 1.165) is 24.0 Å². The van der Waals surface area contributed by atoms with Gasteiger partial charge in [-0.1, -0.05) is 37.6 Å². The molecule has 0 aliphatic rings. The van der Waals surface area contributed by atoms with Crippen molar-refractivity contribution in [2.45, 2.75) is 39.7 Å². The molecule has 1 aromatic rings. The van der Waals surface area contributed by atoms with E-state index in [4.69, 9.17) is 0 Å². The van der Waals surface area contributed by atoms with E-state index in [1.165, 1.54) is 10.6 Å². The molecule has 124 valence electrons. The molecule has 0 fully saturated rings. The molecule has 0 saturated heterocycles. The first-order chi connectivity index (χ1) is 10.3. The second-order valence-electron chi connectivity index (χ2n) is 5.47. The maximum Gasteiger partial charge on any atom is 0.221 e. The molecule has 1 aromatic carbocycles. The molecule has 0 aromatic heterocycles. The Kier molecular flexibility index (Phi) is 7.55. The first-order valence-corrected chi connectivity index (χ1v) is 9.45. The van der Waals surface area contributed by atoms with Crippen LogP contribution in [0.15, 0.2) is 24.3 Å². The number of rotatable bonds is 9. The third kappa shape index (κ3) is 6.58. The van der Waals surface area contributed by atoms with Gasteiger partial charge in [0.05, 0.1) is 6.26 Å². The molecule has 0 bridgehead atoms. The number of carbonyl (C=O) groups excluding carboxylic acids is 1. The van der Waals surface area contributed by atoms with Gasteiger partial charge in [-0.3, -0.25) is 4.79 Å². The Labute approximate surface area is 133 Å². The average Bonchev–Trinajstić information content (AvgIpc) is 2.45. The van der Waals surface area contributed by atoms with E-state index in [2.05, 4.69) is 5.32 Å². The van der Waals surface area contributed by atoms with Gasteiger partial charge >= 0.3 is 0 Å². The summed E-state index contributed by atoms with van der Waals surface area (Å²) in [6, 6.07) is 7.86. The van der Waals surface area contributed by atoms with Crippen LogP contribution in [0.25, 0.3) is 0 Å². The van der Waals surface area contributed by atoms with Crippen molar-refractivity contribution in [2.75, 3.05) is 19.3 Å². The number of unbranched alkanes of at least 4 members (excludes halogenated alkanes) is 1. The van der Waals surface area contributed by atoms with Gasteiger partial charge in [-0.2, -0.15) is 0 Å². The lowest BCUT2D eigenvalue weighted by Crippen LogP contribution is -2.35. The maximum atomic E-state index is 11.9. The van der Waals surface area contributed by atoms with Crippen LogP contribution < -0.4 is 5.32 Å². The number of hydrogen-bond acceptors (Lipinski definition) is 3. The number of carbonyl (C=O) groups is 1. The quantitative estimate of drug-likeness (QED) is 0.755. The van der Waals surface area contributed by atoms with Gasteiger partial charge in [0, 0.05) is 26.1 Å². The second-order valence-corrected chi connectivity index (χ2v) is 7.45. The zero-order chi connectivity index (χ0) is 16.6. The second kappa shape index (κ2) is 8.90. The minimum atomic E-state index is -3.25. The normalized spacial score (nSPS) is 11.6. The van der Waals surface area contributed by atoms with Crippen LogP contribution in [-0.4, -0.2) is 38.0 Å². The minimum Gasteiger partial charge on any atom is -0.352 e. The highest BCUT2D eigenvalue weighted by molar-refractivity contribution is 7.88. The Morgan fingerprint density at radius 2 is 1.91 bits per heavy atom. The van der Waals surface area contributed by atoms with Crippen LogP contribution in [0, 0.1) is 6.92 Å². The topological polar surface area (TPSA) is 66.5 Å². The van der Waals surface area contributed by atoms with Gasteiger partial charge in [0.2, 0.25) is 15.9 Å². The van der Waals surface area contributed by atoms with E-state index >= 15 is 0 Å². The summed E-state index contributed by atoms with van der Waals surface area (Å²) < 4.78 is 24.7. The van der Waals surface area contributed by atoms with Crippen molar-refractivity contribution in [3.05, 3.63) is 35.4 Å². The molecule has 0 radical (unpaired) electrons. The van der Waals surface area contributed by atoms with Gasteiger partial charge in [0.1, 0.15) is 0 Å². The molecule has 1 rings (SSSR count). The lowest BCUT2D eigenvalue weighted by molar-refractivity contribution is -0.121. The van der Waals surface area contributed by atoms with Crippen LogP contribution in [-0.2, 0) is 21.4 Å². The minimum absolute atomic E-state index is 0.131. The highest BCUT2D eigenvalue weighted by atomic mass is 32.2. The van der Waals surface area contributed by atoms with Crippen molar-refractivity contribution in [2.24, 2.45) is 0 Å². The van der Waals surface area contributed by atoms with E-state index in [9.17, 15) is 13.2 Å². The first kappa shape index (κ1) is 18.6. The zero-order valence-electron chi connectivity index (χ0n) is 13.6. The van der Waals surface area contributed by atoms with Crippen molar-refractivity contribution in [1.82, 2.24) is 9.62 Å². The molecule has 5 nitrogen and oxygen atoms in total. The molecule has 0 aliphatic heterocycles. The Hall–Kier alpha value is -1.40. The monoisotopic (exact) mass is 326 g/mol. The SMILES string of the molecule is CCCCN(CCC(=O)NCc1ccccc1C)S(C)(=O)=O. The lowest BCUT2D eigenvalue weighted by atomic mass is 10.1. The highest BCUT2D eigenvalue weighted by Crippen LogP contribution is 2.07. The van der Waals surface area contributed by atoms with E-state index in [1.807, 2.05) is 38.1 Å². The summed E-state index contributed by atoms with van der Waals surface area (Å²) in [5, 5.41) is 2.84. The van der Waals surface area contributed by atoms with Crippen molar-refractivity contribution >= 4 is 15.9 Å².